The van der Waals surface area contributed by atoms with Crippen LogP contribution in [0.2, 0.25) is 0 Å². The SMILES string of the molecule is CCCCCCC(CCCC)CCOC(=O)CCCCCCCBr. The summed E-state index contributed by atoms with van der Waals surface area (Å²) >= 11 is 3.45. The van der Waals surface area contributed by atoms with E-state index in [-0.39, 0.29) is 5.97 Å². The van der Waals surface area contributed by atoms with Crippen LogP contribution in [-0.4, -0.2) is 17.9 Å². The molecule has 0 aliphatic heterocycles. The molecule has 1 atom stereocenters. The van der Waals surface area contributed by atoms with Crippen molar-refractivity contribution in [2.75, 3.05) is 11.9 Å². The Morgan fingerprint density at radius 3 is 2.12 bits per heavy atom. The van der Waals surface area contributed by atoms with Gasteiger partial charge in [-0.05, 0) is 25.2 Å². The topological polar surface area (TPSA) is 26.3 Å². The van der Waals surface area contributed by atoms with Crippen LogP contribution in [0.4, 0.5) is 0 Å². The first-order valence-electron chi connectivity index (χ1n) is 10.5. The van der Waals surface area contributed by atoms with Gasteiger partial charge in [0, 0.05) is 11.8 Å². The van der Waals surface area contributed by atoms with E-state index in [0.29, 0.717) is 13.0 Å². The van der Waals surface area contributed by atoms with Crippen molar-refractivity contribution < 1.29 is 9.53 Å². The molecule has 0 saturated heterocycles. The zero-order chi connectivity index (χ0) is 17.9. The summed E-state index contributed by atoms with van der Waals surface area (Å²) in [5, 5.41) is 1.09. The Labute approximate surface area is 159 Å². The van der Waals surface area contributed by atoms with E-state index < -0.39 is 0 Å². The lowest BCUT2D eigenvalue weighted by molar-refractivity contribution is -0.144. The van der Waals surface area contributed by atoms with E-state index in [1.807, 2.05) is 0 Å². The maximum absolute atomic E-state index is 11.8. The van der Waals surface area contributed by atoms with Crippen LogP contribution in [0.15, 0.2) is 0 Å². The number of unbranched alkanes of at least 4 members (excludes halogenated alkanes) is 8. The number of halogens is 1. The molecular formula is C21H41BrO2. The average Bonchev–Trinajstić information content (AvgIpc) is 2.59. The van der Waals surface area contributed by atoms with Crippen LogP contribution >= 0.6 is 15.9 Å². The molecule has 0 N–H and O–H groups in total. The lowest BCUT2D eigenvalue weighted by Gasteiger charge is -2.16. The molecule has 0 bridgehead atoms. The fourth-order valence-corrected chi connectivity index (χ4v) is 3.49. The van der Waals surface area contributed by atoms with Gasteiger partial charge in [0.2, 0.25) is 0 Å². The Balaban J connectivity index is 3.68. The summed E-state index contributed by atoms with van der Waals surface area (Å²) in [5.41, 5.74) is 0. The van der Waals surface area contributed by atoms with E-state index in [1.165, 1.54) is 70.6 Å². The van der Waals surface area contributed by atoms with Crippen LogP contribution in [-0.2, 0) is 9.53 Å². The van der Waals surface area contributed by atoms with Crippen LogP contribution in [0.5, 0.6) is 0 Å². The Kier molecular flexibility index (Phi) is 19.2. The molecule has 0 aromatic heterocycles. The van der Waals surface area contributed by atoms with Crippen molar-refractivity contribution in [3.8, 4) is 0 Å². The summed E-state index contributed by atoms with van der Waals surface area (Å²) in [6.07, 6.45) is 18.1. The first-order chi connectivity index (χ1) is 11.7. The highest BCUT2D eigenvalue weighted by molar-refractivity contribution is 9.09. The molecule has 144 valence electrons. The molecule has 0 aromatic rings. The largest absolute Gasteiger partial charge is 0.466 e. The Morgan fingerprint density at radius 1 is 0.792 bits per heavy atom. The van der Waals surface area contributed by atoms with Gasteiger partial charge in [0.1, 0.15) is 0 Å². The number of alkyl halides is 1. The normalized spacial score (nSPS) is 12.3. The number of rotatable bonds is 18. The highest BCUT2D eigenvalue weighted by atomic mass is 79.9. The van der Waals surface area contributed by atoms with Crippen LogP contribution in [0, 0.1) is 5.92 Å². The van der Waals surface area contributed by atoms with Crippen molar-refractivity contribution in [1.29, 1.82) is 0 Å². The molecule has 0 amide bonds. The summed E-state index contributed by atoms with van der Waals surface area (Å²) in [5.74, 6) is 0.759. The van der Waals surface area contributed by atoms with Crippen molar-refractivity contribution in [2.45, 2.75) is 110 Å². The second-order valence-electron chi connectivity index (χ2n) is 7.07. The molecule has 2 nitrogen and oxygen atoms in total. The highest BCUT2D eigenvalue weighted by Gasteiger charge is 2.10. The molecule has 0 rings (SSSR count). The van der Waals surface area contributed by atoms with Gasteiger partial charge in [-0.15, -0.1) is 0 Å². The van der Waals surface area contributed by atoms with Crippen LogP contribution < -0.4 is 0 Å². The zero-order valence-electron chi connectivity index (χ0n) is 16.3. The summed E-state index contributed by atoms with van der Waals surface area (Å²) < 4.78 is 5.46. The van der Waals surface area contributed by atoms with Gasteiger partial charge >= 0.3 is 5.97 Å². The van der Waals surface area contributed by atoms with Gasteiger partial charge in [-0.2, -0.15) is 0 Å². The van der Waals surface area contributed by atoms with E-state index in [4.69, 9.17) is 4.74 Å². The lowest BCUT2D eigenvalue weighted by Crippen LogP contribution is -2.10. The summed E-state index contributed by atoms with van der Waals surface area (Å²) in [7, 11) is 0. The predicted octanol–water partition coefficient (Wildman–Crippen LogP) is 7.43. The minimum atomic E-state index is 0.00992. The van der Waals surface area contributed by atoms with Gasteiger partial charge in [0.05, 0.1) is 6.61 Å². The number of ether oxygens (including phenoxy) is 1. The monoisotopic (exact) mass is 404 g/mol. The van der Waals surface area contributed by atoms with Gasteiger partial charge < -0.3 is 4.74 Å². The molecule has 0 heterocycles. The van der Waals surface area contributed by atoms with Gasteiger partial charge in [-0.25, -0.2) is 0 Å². The minimum absolute atomic E-state index is 0.00992. The average molecular weight is 405 g/mol. The molecule has 0 radical (unpaired) electrons. The van der Waals surface area contributed by atoms with Crippen LogP contribution in [0.3, 0.4) is 0 Å². The van der Waals surface area contributed by atoms with Crippen molar-refractivity contribution >= 4 is 21.9 Å². The first-order valence-corrected chi connectivity index (χ1v) is 11.6. The molecule has 3 heteroatoms. The first kappa shape index (κ1) is 23.9. The maximum Gasteiger partial charge on any atom is 0.305 e. The van der Waals surface area contributed by atoms with E-state index >= 15 is 0 Å². The Morgan fingerprint density at radius 2 is 1.42 bits per heavy atom. The van der Waals surface area contributed by atoms with Gasteiger partial charge in [-0.3, -0.25) is 4.79 Å². The lowest BCUT2D eigenvalue weighted by atomic mass is 9.92. The van der Waals surface area contributed by atoms with E-state index in [1.54, 1.807) is 0 Å². The fourth-order valence-electron chi connectivity index (χ4n) is 3.09. The zero-order valence-corrected chi connectivity index (χ0v) is 17.9. The van der Waals surface area contributed by atoms with Crippen molar-refractivity contribution in [1.82, 2.24) is 0 Å². The number of hydrogen-bond acceptors (Lipinski definition) is 2. The summed E-state index contributed by atoms with van der Waals surface area (Å²) in [6.45, 7) is 5.15. The molecule has 0 fully saturated rings. The minimum Gasteiger partial charge on any atom is -0.466 e. The Hall–Kier alpha value is -0.0500. The summed E-state index contributed by atoms with van der Waals surface area (Å²) in [6, 6.07) is 0. The molecular weight excluding hydrogens is 364 g/mol. The number of carbonyl (C=O) groups is 1. The third-order valence-corrected chi connectivity index (χ3v) is 5.30. The number of hydrogen-bond donors (Lipinski definition) is 0. The van der Waals surface area contributed by atoms with Crippen molar-refractivity contribution in [2.24, 2.45) is 5.92 Å². The second kappa shape index (κ2) is 19.3. The van der Waals surface area contributed by atoms with E-state index in [9.17, 15) is 4.79 Å². The van der Waals surface area contributed by atoms with Crippen LogP contribution in [0.1, 0.15) is 110 Å². The second-order valence-corrected chi connectivity index (χ2v) is 7.87. The highest BCUT2D eigenvalue weighted by Crippen LogP contribution is 2.21. The number of carbonyl (C=O) groups excluding carboxylic acids is 1. The van der Waals surface area contributed by atoms with E-state index in [2.05, 4.69) is 29.8 Å². The predicted molar refractivity (Wildman–Crippen MR) is 109 cm³/mol. The van der Waals surface area contributed by atoms with E-state index in [0.717, 1.165) is 30.5 Å². The molecule has 1 unspecified atom stereocenters. The van der Waals surface area contributed by atoms with Gasteiger partial charge in [0.15, 0.2) is 0 Å². The van der Waals surface area contributed by atoms with Crippen molar-refractivity contribution in [3.05, 3.63) is 0 Å². The number of esters is 1. The molecule has 0 aromatic carbocycles. The Bertz CT molecular complexity index is 269. The van der Waals surface area contributed by atoms with Gasteiger partial charge in [-0.1, -0.05) is 100 Å². The van der Waals surface area contributed by atoms with Crippen LogP contribution in [0.25, 0.3) is 0 Å². The standard InChI is InChI=1S/C21H41BrO2/c1-3-5-7-11-15-20(14-6-4-2)17-19-24-21(23)16-12-9-8-10-13-18-22/h20H,3-19H2,1-2H3. The maximum atomic E-state index is 11.8. The summed E-state index contributed by atoms with van der Waals surface area (Å²) in [4.78, 5) is 11.8. The smallest absolute Gasteiger partial charge is 0.305 e. The molecule has 0 aliphatic carbocycles. The molecule has 0 spiro atoms. The molecule has 24 heavy (non-hydrogen) atoms. The molecule has 0 saturated carbocycles. The third kappa shape index (κ3) is 16.8. The van der Waals surface area contributed by atoms with Crippen molar-refractivity contribution in [3.63, 3.8) is 0 Å². The fraction of sp³-hybridized carbons (Fsp3) is 0.952. The quantitative estimate of drug-likeness (QED) is 0.135. The van der Waals surface area contributed by atoms with Gasteiger partial charge in [0.25, 0.3) is 0 Å². The molecule has 0 aliphatic rings. The third-order valence-electron chi connectivity index (χ3n) is 4.74.